The normalized spacial score (nSPS) is 14.4. The van der Waals surface area contributed by atoms with Gasteiger partial charge < -0.3 is 19.9 Å². The molecule has 0 saturated carbocycles. The van der Waals surface area contributed by atoms with Crippen molar-refractivity contribution in [3.05, 3.63) is 48.3 Å². The number of hydrogen-bond donors (Lipinski definition) is 1. The number of nitrogens with zero attached hydrogens (tertiary/aromatic N) is 3. The van der Waals surface area contributed by atoms with E-state index in [0.29, 0.717) is 31.9 Å². The van der Waals surface area contributed by atoms with Gasteiger partial charge in [0.15, 0.2) is 11.6 Å². The molecule has 0 radical (unpaired) electrons. The van der Waals surface area contributed by atoms with Gasteiger partial charge in [-0.2, -0.15) is 4.39 Å². The second-order valence-corrected chi connectivity index (χ2v) is 5.59. The lowest BCUT2D eigenvalue weighted by atomic mass is 10.2. The third-order valence-electron chi connectivity index (χ3n) is 4.04. The first-order valence-corrected chi connectivity index (χ1v) is 7.83. The molecule has 0 bridgehead atoms. The van der Waals surface area contributed by atoms with E-state index in [0.717, 1.165) is 5.69 Å². The molecule has 2 amide bonds. The summed E-state index contributed by atoms with van der Waals surface area (Å²) in [6, 6.07) is 7.00. The van der Waals surface area contributed by atoms with Crippen molar-refractivity contribution in [2.75, 3.05) is 43.5 Å². The highest BCUT2D eigenvalue weighted by Crippen LogP contribution is 2.22. The van der Waals surface area contributed by atoms with E-state index in [4.69, 9.17) is 4.74 Å². The molecule has 1 N–H and O–H groups in total. The van der Waals surface area contributed by atoms with Crippen LogP contribution in [0.1, 0.15) is 0 Å². The van der Waals surface area contributed by atoms with Gasteiger partial charge >= 0.3 is 6.03 Å². The van der Waals surface area contributed by atoms with Crippen LogP contribution in [0.4, 0.5) is 25.0 Å². The van der Waals surface area contributed by atoms with E-state index in [2.05, 4.69) is 10.3 Å². The van der Waals surface area contributed by atoms with E-state index in [1.807, 2.05) is 4.90 Å². The number of benzene rings is 1. The van der Waals surface area contributed by atoms with Crippen molar-refractivity contribution in [3.63, 3.8) is 0 Å². The number of anilines is 2. The van der Waals surface area contributed by atoms with Crippen LogP contribution >= 0.6 is 0 Å². The van der Waals surface area contributed by atoms with Gasteiger partial charge in [0.1, 0.15) is 0 Å². The maximum absolute atomic E-state index is 13.4. The molecule has 1 aliphatic heterocycles. The maximum Gasteiger partial charge on any atom is 0.321 e. The summed E-state index contributed by atoms with van der Waals surface area (Å²) in [7, 11) is 1.37. The van der Waals surface area contributed by atoms with Crippen LogP contribution in [0.25, 0.3) is 0 Å². The number of rotatable bonds is 3. The predicted molar refractivity (Wildman–Crippen MR) is 90.0 cm³/mol. The van der Waals surface area contributed by atoms with Gasteiger partial charge in [-0.3, -0.25) is 0 Å². The standard InChI is InChI=1S/C17H18F2N4O2/c1-25-15-10-12(2-3-14(15)18)21-17(24)23-8-6-22(7-9-23)13-4-5-20-16(19)11-13/h2-5,10-11H,6-9H2,1H3,(H,21,24). The van der Waals surface area contributed by atoms with Crippen molar-refractivity contribution in [1.29, 1.82) is 0 Å². The summed E-state index contributed by atoms with van der Waals surface area (Å²) in [5.74, 6) is -0.941. The predicted octanol–water partition coefficient (Wildman–Crippen LogP) is 2.72. The Morgan fingerprint density at radius 2 is 1.92 bits per heavy atom. The summed E-state index contributed by atoms with van der Waals surface area (Å²) in [4.78, 5) is 19.5. The average Bonchev–Trinajstić information content (AvgIpc) is 2.63. The second kappa shape index (κ2) is 7.33. The number of methoxy groups -OCH3 is 1. The lowest BCUT2D eigenvalue weighted by molar-refractivity contribution is 0.208. The smallest absolute Gasteiger partial charge is 0.321 e. The highest BCUT2D eigenvalue weighted by atomic mass is 19.1. The monoisotopic (exact) mass is 348 g/mol. The van der Waals surface area contributed by atoms with Gasteiger partial charge in [-0.25, -0.2) is 14.2 Å². The van der Waals surface area contributed by atoms with E-state index < -0.39 is 11.8 Å². The van der Waals surface area contributed by atoms with Crippen LogP contribution in [-0.2, 0) is 0 Å². The summed E-state index contributed by atoms with van der Waals surface area (Å²) in [5, 5.41) is 2.73. The number of ether oxygens (including phenoxy) is 1. The molecule has 0 spiro atoms. The molecule has 0 atom stereocenters. The molecule has 1 aromatic heterocycles. The summed E-state index contributed by atoms with van der Waals surface area (Å²) in [5.41, 5.74) is 1.21. The van der Waals surface area contributed by atoms with Crippen LogP contribution in [-0.4, -0.2) is 49.2 Å². The SMILES string of the molecule is COc1cc(NC(=O)N2CCN(c3ccnc(F)c3)CC2)ccc1F. The van der Waals surface area contributed by atoms with Gasteiger partial charge in [-0.15, -0.1) is 0 Å². The third-order valence-corrected chi connectivity index (χ3v) is 4.04. The molecule has 0 unspecified atom stereocenters. The summed E-state index contributed by atoms with van der Waals surface area (Å²) in [6.07, 6.45) is 1.42. The Bertz CT molecular complexity index is 764. The minimum absolute atomic E-state index is 0.0716. The Kier molecular flexibility index (Phi) is 4.97. The third kappa shape index (κ3) is 3.96. The molecule has 1 saturated heterocycles. The zero-order chi connectivity index (χ0) is 17.8. The van der Waals surface area contributed by atoms with Gasteiger partial charge in [-0.1, -0.05) is 0 Å². The minimum atomic E-state index is -0.525. The van der Waals surface area contributed by atoms with Gasteiger partial charge in [0.05, 0.1) is 7.11 Å². The van der Waals surface area contributed by atoms with Crippen molar-refractivity contribution in [3.8, 4) is 5.75 Å². The summed E-state index contributed by atoms with van der Waals surface area (Å²) >= 11 is 0. The van der Waals surface area contributed by atoms with E-state index in [1.165, 1.54) is 37.6 Å². The van der Waals surface area contributed by atoms with Crippen LogP contribution < -0.4 is 15.0 Å². The lowest BCUT2D eigenvalue weighted by Crippen LogP contribution is -2.50. The fourth-order valence-electron chi connectivity index (χ4n) is 2.70. The highest BCUT2D eigenvalue weighted by Gasteiger charge is 2.22. The van der Waals surface area contributed by atoms with Crippen LogP contribution in [0.5, 0.6) is 5.75 Å². The maximum atomic E-state index is 13.4. The van der Waals surface area contributed by atoms with Crippen LogP contribution in [0, 0.1) is 11.8 Å². The number of urea groups is 1. The van der Waals surface area contributed by atoms with Crippen LogP contribution in [0.3, 0.4) is 0 Å². The Labute approximate surface area is 144 Å². The zero-order valence-corrected chi connectivity index (χ0v) is 13.7. The number of pyridine rings is 1. The molecular weight excluding hydrogens is 330 g/mol. The quantitative estimate of drug-likeness (QED) is 0.867. The second-order valence-electron chi connectivity index (χ2n) is 5.59. The molecule has 2 aromatic rings. The van der Waals surface area contributed by atoms with E-state index in [1.54, 1.807) is 11.0 Å². The number of piperazine rings is 1. The fraction of sp³-hybridized carbons (Fsp3) is 0.294. The first-order valence-electron chi connectivity index (χ1n) is 7.83. The van der Waals surface area contributed by atoms with Crippen molar-refractivity contribution in [2.45, 2.75) is 0 Å². The Morgan fingerprint density at radius 3 is 2.60 bits per heavy atom. The van der Waals surface area contributed by atoms with Gasteiger partial charge in [-0.05, 0) is 18.2 Å². The first kappa shape index (κ1) is 16.9. The van der Waals surface area contributed by atoms with Crippen molar-refractivity contribution >= 4 is 17.4 Å². The molecule has 1 aromatic carbocycles. The van der Waals surface area contributed by atoms with Crippen LogP contribution in [0.2, 0.25) is 0 Å². The Morgan fingerprint density at radius 1 is 1.16 bits per heavy atom. The largest absolute Gasteiger partial charge is 0.494 e. The molecule has 1 fully saturated rings. The number of aromatic nitrogens is 1. The first-order chi connectivity index (χ1) is 12.1. The molecule has 25 heavy (non-hydrogen) atoms. The number of nitrogens with one attached hydrogen (secondary N) is 1. The molecule has 6 nitrogen and oxygen atoms in total. The molecule has 132 valence electrons. The minimum Gasteiger partial charge on any atom is -0.494 e. The van der Waals surface area contributed by atoms with Crippen molar-refractivity contribution in [1.82, 2.24) is 9.88 Å². The number of halogens is 2. The van der Waals surface area contributed by atoms with Gasteiger partial charge in [0.2, 0.25) is 5.95 Å². The fourth-order valence-corrected chi connectivity index (χ4v) is 2.70. The summed E-state index contributed by atoms with van der Waals surface area (Å²) < 4.78 is 31.5. The Balaban J connectivity index is 1.58. The number of amides is 2. The van der Waals surface area contributed by atoms with Crippen molar-refractivity contribution < 1.29 is 18.3 Å². The Hall–Kier alpha value is -2.90. The highest BCUT2D eigenvalue weighted by molar-refractivity contribution is 5.89. The van der Waals surface area contributed by atoms with E-state index >= 15 is 0 Å². The molecule has 3 rings (SSSR count). The topological polar surface area (TPSA) is 57.7 Å². The van der Waals surface area contributed by atoms with Crippen molar-refractivity contribution in [2.24, 2.45) is 0 Å². The number of carbonyl (C=O) groups excluding carboxylic acids is 1. The number of carbonyl (C=O) groups is 1. The molecular formula is C17H18F2N4O2. The van der Waals surface area contributed by atoms with Gasteiger partial charge in [0, 0.05) is 55.9 Å². The molecule has 8 heteroatoms. The molecule has 1 aliphatic rings. The average molecular weight is 348 g/mol. The van der Waals surface area contributed by atoms with Crippen LogP contribution in [0.15, 0.2) is 36.5 Å². The van der Waals surface area contributed by atoms with E-state index in [9.17, 15) is 13.6 Å². The zero-order valence-electron chi connectivity index (χ0n) is 13.7. The number of hydrogen-bond acceptors (Lipinski definition) is 4. The lowest BCUT2D eigenvalue weighted by Gasteiger charge is -2.36. The molecule has 0 aliphatic carbocycles. The molecule has 2 heterocycles. The summed E-state index contributed by atoms with van der Waals surface area (Å²) in [6.45, 7) is 2.16. The van der Waals surface area contributed by atoms with E-state index in [-0.39, 0.29) is 11.8 Å². The van der Waals surface area contributed by atoms with Gasteiger partial charge in [0.25, 0.3) is 0 Å².